The van der Waals surface area contributed by atoms with Gasteiger partial charge in [0.1, 0.15) is 32.7 Å². The molecule has 3 N–H and O–H groups in total. The van der Waals surface area contributed by atoms with Crippen LogP contribution in [0.1, 0.15) is 23.6 Å². The van der Waals surface area contributed by atoms with E-state index in [1.807, 2.05) is 0 Å². The predicted octanol–water partition coefficient (Wildman–Crippen LogP) is -0.273. The molecule has 3 rings (SSSR count). The molecule has 2 aromatic rings. The zero-order chi connectivity index (χ0) is 21.5. The van der Waals surface area contributed by atoms with Crippen molar-refractivity contribution in [2.75, 3.05) is 32.7 Å². The number of non-ortho nitro benzene ring substituents is 1. The molecule has 0 unspecified atom stereocenters. The van der Waals surface area contributed by atoms with Crippen LogP contribution in [-0.2, 0) is 11.3 Å². The molecule has 2 aromatic carbocycles. The lowest BCUT2D eigenvalue weighted by molar-refractivity contribution is -1.02. The van der Waals surface area contributed by atoms with Crippen molar-refractivity contribution >= 4 is 17.3 Å². The van der Waals surface area contributed by atoms with E-state index >= 15 is 0 Å². The van der Waals surface area contributed by atoms with Crippen LogP contribution in [0.5, 0.6) is 0 Å². The molecule has 1 fully saturated rings. The predicted molar refractivity (Wildman–Crippen MR) is 115 cm³/mol. The lowest BCUT2D eigenvalue weighted by Crippen LogP contribution is -3.28. The van der Waals surface area contributed by atoms with Gasteiger partial charge in [0.2, 0.25) is 0 Å². The Labute approximate surface area is 176 Å². The van der Waals surface area contributed by atoms with Gasteiger partial charge >= 0.3 is 0 Å². The van der Waals surface area contributed by atoms with Crippen molar-refractivity contribution < 1.29 is 19.5 Å². The number of rotatable bonds is 7. The van der Waals surface area contributed by atoms with E-state index < -0.39 is 4.92 Å². The molecule has 1 amide bonds. The van der Waals surface area contributed by atoms with Gasteiger partial charge in [-0.15, -0.1) is 0 Å². The number of nitrogens with one attached hydrogen (secondary N) is 3. The first kappa shape index (κ1) is 21.6. The number of hydrazone groups is 1. The maximum atomic E-state index is 12.3. The summed E-state index contributed by atoms with van der Waals surface area (Å²) >= 11 is 0. The Balaban J connectivity index is 1.42. The molecule has 1 saturated heterocycles. The van der Waals surface area contributed by atoms with Crippen molar-refractivity contribution in [1.29, 1.82) is 0 Å². The zero-order valence-corrected chi connectivity index (χ0v) is 17.5. The van der Waals surface area contributed by atoms with Crippen LogP contribution in [0.15, 0.2) is 53.6 Å². The highest BCUT2D eigenvalue weighted by Crippen LogP contribution is 2.12. The second kappa shape index (κ2) is 10.1. The SMILES string of the molecule is C/C(=N/NC(=O)C[NH+]1CC[NH+](Cc2ccc(C)cc2)CC1)c1ccc([N+](=O)[O-])cc1. The van der Waals surface area contributed by atoms with Gasteiger partial charge in [-0.3, -0.25) is 14.9 Å². The molecule has 30 heavy (non-hydrogen) atoms. The van der Waals surface area contributed by atoms with Gasteiger partial charge in [-0.05, 0) is 31.5 Å². The highest BCUT2D eigenvalue weighted by Gasteiger charge is 2.24. The molecule has 1 heterocycles. The molecule has 0 atom stereocenters. The summed E-state index contributed by atoms with van der Waals surface area (Å²) in [6.45, 7) is 9.29. The van der Waals surface area contributed by atoms with E-state index in [0.717, 1.165) is 38.3 Å². The Hall–Kier alpha value is -3.10. The highest BCUT2D eigenvalue weighted by molar-refractivity contribution is 5.99. The summed E-state index contributed by atoms with van der Waals surface area (Å²) in [6.07, 6.45) is 0. The third-order valence-corrected chi connectivity index (χ3v) is 5.49. The van der Waals surface area contributed by atoms with E-state index in [9.17, 15) is 14.9 Å². The van der Waals surface area contributed by atoms with Crippen molar-refractivity contribution in [2.24, 2.45) is 5.10 Å². The molecule has 1 aliphatic heterocycles. The summed E-state index contributed by atoms with van der Waals surface area (Å²) in [6, 6.07) is 14.8. The number of quaternary nitrogens is 2. The van der Waals surface area contributed by atoms with Gasteiger partial charge in [0, 0.05) is 17.7 Å². The van der Waals surface area contributed by atoms with E-state index in [0.29, 0.717) is 12.3 Å². The minimum absolute atomic E-state index is 0.0304. The third kappa shape index (κ3) is 6.20. The summed E-state index contributed by atoms with van der Waals surface area (Å²) in [7, 11) is 0. The second-order valence-corrected chi connectivity index (χ2v) is 7.88. The van der Waals surface area contributed by atoms with Crippen molar-refractivity contribution in [2.45, 2.75) is 20.4 Å². The molecule has 8 heteroatoms. The number of nitrogens with zero attached hydrogens (tertiary/aromatic N) is 2. The Morgan fingerprint density at radius 1 is 1.03 bits per heavy atom. The van der Waals surface area contributed by atoms with Gasteiger partial charge in [-0.25, -0.2) is 5.43 Å². The summed E-state index contributed by atoms with van der Waals surface area (Å²) in [5, 5.41) is 14.9. The first-order valence-corrected chi connectivity index (χ1v) is 10.2. The van der Waals surface area contributed by atoms with Crippen molar-refractivity contribution in [3.63, 3.8) is 0 Å². The number of hydrogen-bond donors (Lipinski definition) is 3. The lowest BCUT2D eigenvalue weighted by Gasteiger charge is -2.29. The van der Waals surface area contributed by atoms with Crippen LogP contribution in [0.3, 0.4) is 0 Å². The minimum atomic E-state index is -0.441. The van der Waals surface area contributed by atoms with Crippen LogP contribution in [0.2, 0.25) is 0 Å². The number of carbonyl (C=O) groups excluding carboxylic acids is 1. The number of hydrogen-bond acceptors (Lipinski definition) is 4. The first-order chi connectivity index (χ1) is 14.4. The largest absolute Gasteiger partial charge is 0.322 e. The smallest absolute Gasteiger partial charge is 0.295 e. The average molecular weight is 412 g/mol. The summed E-state index contributed by atoms with van der Waals surface area (Å²) in [4.78, 5) is 25.4. The van der Waals surface area contributed by atoms with Gasteiger partial charge in [0.15, 0.2) is 6.54 Å². The first-order valence-electron chi connectivity index (χ1n) is 10.2. The number of piperazine rings is 1. The molecular weight excluding hydrogens is 382 g/mol. The molecule has 1 aliphatic rings. The summed E-state index contributed by atoms with van der Waals surface area (Å²) in [5.41, 5.74) is 6.62. The van der Waals surface area contributed by atoms with Gasteiger partial charge in [-0.2, -0.15) is 5.10 Å². The monoisotopic (exact) mass is 411 g/mol. The molecule has 0 saturated carbocycles. The zero-order valence-electron chi connectivity index (χ0n) is 17.5. The topological polar surface area (TPSA) is 93.5 Å². The van der Waals surface area contributed by atoms with E-state index in [-0.39, 0.29) is 11.6 Å². The number of nitro groups is 1. The summed E-state index contributed by atoms with van der Waals surface area (Å²) in [5.74, 6) is -0.117. The highest BCUT2D eigenvalue weighted by atomic mass is 16.6. The van der Waals surface area contributed by atoms with E-state index in [1.165, 1.54) is 28.2 Å². The normalized spacial score (nSPS) is 19.3. The Morgan fingerprint density at radius 2 is 1.63 bits per heavy atom. The molecule has 158 valence electrons. The standard InChI is InChI=1S/C22H27N5O3/c1-17-3-5-19(6-4-17)15-25-11-13-26(14-12-25)16-22(28)24-23-18(2)20-7-9-21(10-8-20)27(29)30/h3-10H,11-16H2,1-2H3,(H,24,28)/p+2/b23-18-. The van der Waals surface area contributed by atoms with Crippen LogP contribution in [0, 0.1) is 17.0 Å². The number of aryl methyl sites for hydroxylation is 1. The molecule has 0 radical (unpaired) electrons. The second-order valence-electron chi connectivity index (χ2n) is 7.88. The molecular formula is C22H29N5O3+2. The van der Waals surface area contributed by atoms with E-state index in [1.54, 1.807) is 24.0 Å². The van der Waals surface area contributed by atoms with Gasteiger partial charge in [-0.1, -0.05) is 29.8 Å². The lowest BCUT2D eigenvalue weighted by atomic mass is 10.1. The molecule has 8 nitrogen and oxygen atoms in total. The van der Waals surface area contributed by atoms with Crippen LogP contribution in [0.25, 0.3) is 0 Å². The average Bonchev–Trinajstić information content (AvgIpc) is 2.75. The molecule has 0 spiro atoms. The van der Waals surface area contributed by atoms with Crippen LogP contribution >= 0.6 is 0 Å². The Kier molecular flexibility index (Phi) is 7.26. The Morgan fingerprint density at radius 3 is 2.23 bits per heavy atom. The molecule has 0 aromatic heterocycles. The van der Waals surface area contributed by atoms with Gasteiger partial charge in [0.25, 0.3) is 11.6 Å². The number of carbonyl (C=O) groups is 1. The maximum Gasteiger partial charge on any atom is 0.295 e. The quantitative estimate of drug-likeness (QED) is 0.333. The van der Waals surface area contributed by atoms with Gasteiger partial charge in [0.05, 0.1) is 10.6 Å². The fraction of sp³-hybridized carbons (Fsp3) is 0.364. The fourth-order valence-electron chi connectivity index (χ4n) is 3.61. The van der Waals surface area contributed by atoms with E-state index in [4.69, 9.17) is 0 Å². The van der Waals surface area contributed by atoms with Crippen LogP contribution < -0.4 is 15.2 Å². The number of nitro benzene ring substituents is 1. The maximum absolute atomic E-state index is 12.3. The van der Waals surface area contributed by atoms with Crippen molar-refractivity contribution in [3.8, 4) is 0 Å². The molecule has 0 aliphatic carbocycles. The minimum Gasteiger partial charge on any atom is -0.322 e. The summed E-state index contributed by atoms with van der Waals surface area (Å²) < 4.78 is 0. The van der Waals surface area contributed by atoms with Gasteiger partial charge < -0.3 is 9.80 Å². The fourth-order valence-corrected chi connectivity index (χ4v) is 3.61. The van der Waals surface area contributed by atoms with Crippen LogP contribution in [0.4, 0.5) is 5.69 Å². The number of benzene rings is 2. The van der Waals surface area contributed by atoms with Crippen molar-refractivity contribution in [3.05, 3.63) is 75.3 Å². The van der Waals surface area contributed by atoms with Crippen molar-refractivity contribution in [1.82, 2.24) is 5.43 Å². The van der Waals surface area contributed by atoms with Crippen LogP contribution in [-0.4, -0.2) is 49.3 Å². The number of amides is 1. The molecule has 0 bridgehead atoms. The van der Waals surface area contributed by atoms with E-state index in [2.05, 4.69) is 41.7 Å². The third-order valence-electron chi connectivity index (χ3n) is 5.49. The Bertz CT molecular complexity index is 901.